The highest BCUT2D eigenvalue weighted by Crippen LogP contribution is 2.30. The van der Waals surface area contributed by atoms with Gasteiger partial charge in [-0.25, -0.2) is 4.79 Å². The fraction of sp³-hybridized carbons (Fsp3) is 0.316. The number of nitrogen functional groups attached to an aromatic ring is 2. The summed E-state index contributed by atoms with van der Waals surface area (Å²) in [6, 6.07) is 11.4. The lowest BCUT2D eigenvalue weighted by Gasteiger charge is -2.18. The van der Waals surface area contributed by atoms with Gasteiger partial charge in [0, 0.05) is 30.5 Å². The summed E-state index contributed by atoms with van der Waals surface area (Å²) in [5, 5.41) is 0. The van der Waals surface area contributed by atoms with E-state index >= 15 is 0 Å². The second kappa shape index (κ2) is 5.44. The maximum Gasteiger partial charge on any atom is 0.328 e. The van der Waals surface area contributed by atoms with E-state index in [4.69, 9.17) is 11.5 Å². The van der Waals surface area contributed by atoms with Crippen LogP contribution >= 0.6 is 0 Å². The van der Waals surface area contributed by atoms with Crippen LogP contribution in [0.25, 0.3) is 22.2 Å². The lowest BCUT2D eigenvalue weighted by atomic mass is 9.97. The van der Waals surface area contributed by atoms with E-state index in [-0.39, 0.29) is 11.1 Å². The molecule has 0 unspecified atom stereocenters. The van der Waals surface area contributed by atoms with Crippen LogP contribution < -0.4 is 17.2 Å². The lowest BCUT2D eigenvalue weighted by molar-refractivity contribution is 0.342. The van der Waals surface area contributed by atoms with Gasteiger partial charge >= 0.3 is 5.69 Å². The second-order valence-corrected chi connectivity index (χ2v) is 7.54. The molecular formula is C19H24N4O. The molecule has 24 heavy (non-hydrogen) atoms. The van der Waals surface area contributed by atoms with Gasteiger partial charge in [-0.2, -0.15) is 0 Å². The first kappa shape index (κ1) is 16.2. The molecule has 0 atom stereocenters. The number of rotatable bonds is 2. The van der Waals surface area contributed by atoms with Crippen molar-refractivity contribution in [2.75, 3.05) is 11.5 Å². The maximum atomic E-state index is 12.6. The Labute approximate surface area is 141 Å². The topological polar surface area (TPSA) is 79.0 Å². The molecule has 0 aliphatic heterocycles. The molecule has 0 saturated heterocycles. The molecule has 0 aliphatic carbocycles. The summed E-state index contributed by atoms with van der Waals surface area (Å²) in [6.07, 6.45) is 0. The standard InChI is InChI=1S/C19H24N4O/c1-19(2,3)11-23-16-8-5-12(9-17(16)22(4)18(23)24)14-10-13(20)6-7-15(14)21/h5-10H,11,20-21H2,1-4H3. The summed E-state index contributed by atoms with van der Waals surface area (Å²) in [6.45, 7) is 7.04. The Morgan fingerprint density at radius 3 is 2.38 bits per heavy atom. The third kappa shape index (κ3) is 2.77. The number of aryl methyl sites for hydroxylation is 1. The van der Waals surface area contributed by atoms with E-state index in [0.29, 0.717) is 17.9 Å². The van der Waals surface area contributed by atoms with Crippen molar-refractivity contribution in [3.05, 3.63) is 46.9 Å². The second-order valence-electron chi connectivity index (χ2n) is 7.54. The zero-order valence-electron chi connectivity index (χ0n) is 14.6. The monoisotopic (exact) mass is 324 g/mol. The van der Waals surface area contributed by atoms with Gasteiger partial charge in [0.1, 0.15) is 0 Å². The van der Waals surface area contributed by atoms with Crippen LogP contribution in [0, 0.1) is 5.41 Å². The van der Waals surface area contributed by atoms with E-state index in [1.165, 1.54) is 0 Å². The van der Waals surface area contributed by atoms with Crippen molar-refractivity contribution >= 4 is 22.4 Å². The van der Waals surface area contributed by atoms with Crippen molar-refractivity contribution in [2.45, 2.75) is 27.3 Å². The molecule has 0 bridgehead atoms. The molecule has 1 heterocycles. The van der Waals surface area contributed by atoms with Gasteiger partial charge < -0.3 is 11.5 Å². The van der Waals surface area contributed by atoms with Gasteiger partial charge in [-0.05, 0) is 41.3 Å². The van der Waals surface area contributed by atoms with Crippen LogP contribution in [0.1, 0.15) is 20.8 Å². The molecule has 3 rings (SSSR count). The predicted molar refractivity (Wildman–Crippen MR) is 101 cm³/mol. The molecule has 3 aromatic rings. The van der Waals surface area contributed by atoms with Crippen LogP contribution in [-0.2, 0) is 13.6 Å². The third-order valence-electron chi connectivity index (χ3n) is 4.17. The number of nitrogens with two attached hydrogens (primary N) is 2. The quantitative estimate of drug-likeness (QED) is 0.710. The zero-order chi connectivity index (χ0) is 17.6. The Morgan fingerprint density at radius 2 is 1.71 bits per heavy atom. The number of anilines is 2. The Bertz CT molecular complexity index is 973. The van der Waals surface area contributed by atoms with Gasteiger partial charge in [-0.15, -0.1) is 0 Å². The van der Waals surface area contributed by atoms with Crippen LogP contribution in [0.4, 0.5) is 11.4 Å². The van der Waals surface area contributed by atoms with E-state index in [1.54, 1.807) is 23.7 Å². The van der Waals surface area contributed by atoms with E-state index in [2.05, 4.69) is 20.8 Å². The van der Waals surface area contributed by atoms with Crippen molar-refractivity contribution in [2.24, 2.45) is 12.5 Å². The fourth-order valence-electron chi connectivity index (χ4n) is 3.03. The Hall–Kier alpha value is -2.69. The summed E-state index contributed by atoms with van der Waals surface area (Å²) < 4.78 is 3.52. The molecule has 1 aromatic heterocycles. The summed E-state index contributed by atoms with van der Waals surface area (Å²) in [4.78, 5) is 12.6. The average Bonchev–Trinajstić information content (AvgIpc) is 2.73. The highest BCUT2D eigenvalue weighted by molar-refractivity contribution is 5.87. The minimum absolute atomic E-state index is 0.00220. The molecule has 2 aromatic carbocycles. The lowest BCUT2D eigenvalue weighted by Crippen LogP contribution is -2.27. The molecule has 0 fully saturated rings. The minimum atomic E-state index is -0.00220. The number of imidazole rings is 1. The van der Waals surface area contributed by atoms with E-state index in [9.17, 15) is 4.79 Å². The molecule has 5 nitrogen and oxygen atoms in total. The van der Waals surface area contributed by atoms with Crippen LogP contribution in [0.2, 0.25) is 0 Å². The molecule has 0 saturated carbocycles. The van der Waals surface area contributed by atoms with Crippen molar-refractivity contribution < 1.29 is 0 Å². The zero-order valence-corrected chi connectivity index (χ0v) is 14.6. The minimum Gasteiger partial charge on any atom is -0.399 e. The molecule has 0 radical (unpaired) electrons. The highest BCUT2D eigenvalue weighted by Gasteiger charge is 2.18. The first-order chi connectivity index (χ1) is 11.2. The highest BCUT2D eigenvalue weighted by atomic mass is 16.1. The molecular weight excluding hydrogens is 300 g/mol. The normalized spacial score (nSPS) is 12.0. The van der Waals surface area contributed by atoms with Crippen molar-refractivity contribution in [3.63, 3.8) is 0 Å². The van der Waals surface area contributed by atoms with Gasteiger partial charge in [0.15, 0.2) is 0 Å². The summed E-state index contributed by atoms with van der Waals surface area (Å²) in [5.41, 5.74) is 17.0. The summed E-state index contributed by atoms with van der Waals surface area (Å²) in [5.74, 6) is 0. The molecule has 126 valence electrons. The molecule has 4 N–H and O–H groups in total. The van der Waals surface area contributed by atoms with Gasteiger partial charge in [0.2, 0.25) is 0 Å². The first-order valence-electron chi connectivity index (χ1n) is 8.02. The Kier molecular flexibility index (Phi) is 3.67. The number of hydrogen-bond acceptors (Lipinski definition) is 3. The third-order valence-corrected chi connectivity index (χ3v) is 4.17. The molecule has 0 amide bonds. The number of hydrogen-bond donors (Lipinski definition) is 2. The van der Waals surface area contributed by atoms with E-state index in [0.717, 1.165) is 22.2 Å². The van der Waals surface area contributed by atoms with Crippen molar-refractivity contribution in [1.82, 2.24) is 9.13 Å². The number of fused-ring (bicyclic) bond motifs is 1. The number of nitrogens with zero attached hydrogens (tertiary/aromatic N) is 2. The maximum absolute atomic E-state index is 12.6. The van der Waals surface area contributed by atoms with Gasteiger partial charge in [-0.1, -0.05) is 26.8 Å². The fourth-order valence-corrected chi connectivity index (χ4v) is 3.03. The van der Waals surface area contributed by atoms with Gasteiger partial charge in [0.25, 0.3) is 0 Å². The van der Waals surface area contributed by atoms with E-state index in [1.807, 2.05) is 28.8 Å². The Balaban J connectivity index is 2.21. The summed E-state index contributed by atoms with van der Waals surface area (Å²) >= 11 is 0. The largest absolute Gasteiger partial charge is 0.399 e. The van der Waals surface area contributed by atoms with Crippen LogP contribution in [0.3, 0.4) is 0 Å². The van der Waals surface area contributed by atoms with Crippen LogP contribution in [-0.4, -0.2) is 9.13 Å². The van der Waals surface area contributed by atoms with Crippen LogP contribution in [0.5, 0.6) is 0 Å². The van der Waals surface area contributed by atoms with Crippen LogP contribution in [0.15, 0.2) is 41.2 Å². The number of aromatic nitrogens is 2. The molecule has 0 spiro atoms. The predicted octanol–water partition coefficient (Wildman–Crippen LogP) is 3.22. The smallest absolute Gasteiger partial charge is 0.328 e. The van der Waals surface area contributed by atoms with Crippen molar-refractivity contribution in [1.29, 1.82) is 0 Å². The molecule has 0 aliphatic rings. The van der Waals surface area contributed by atoms with Crippen molar-refractivity contribution in [3.8, 4) is 11.1 Å². The van der Waals surface area contributed by atoms with E-state index < -0.39 is 0 Å². The summed E-state index contributed by atoms with van der Waals surface area (Å²) in [7, 11) is 1.80. The Morgan fingerprint density at radius 1 is 1.00 bits per heavy atom. The van der Waals surface area contributed by atoms with Gasteiger partial charge in [-0.3, -0.25) is 9.13 Å². The first-order valence-corrected chi connectivity index (χ1v) is 8.02. The molecule has 5 heteroatoms. The van der Waals surface area contributed by atoms with Gasteiger partial charge in [0.05, 0.1) is 11.0 Å². The average molecular weight is 324 g/mol. The SMILES string of the molecule is Cn1c(=O)n(CC(C)(C)C)c2ccc(-c3cc(N)ccc3N)cc21. The number of benzene rings is 2.